The number of nitrogens with zero attached hydrogens (tertiary/aromatic N) is 1. The summed E-state index contributed by atoms with van der Waals surface area (Å²) in [6.45, 7) is 8.73. The Hall–Kier alpha value is -0.120. The highest BCUT2D eigenvalue weighted by atomic mass is 16.3. The SMILES string of the molecule is CCC(C)(CO)CNCC(C)N(C)C1CC1. The van der Waals surface area contributed by atoms with Crippen LogP contribution in [0.25, 0.3) is 0 Å². The van der Waals surface area contributed by atoms with E-state index in [1.165, 1.54) is 12.8 Å². The molecule has 3 heteroatoms. The molecule has 0 radical (unpaired) electrons. The number of nitrogens with one attached hydrogen (secondary N) is 1. The Morgan fingerprint density at radius 2 is 2.12 bits per heavy atom. The molecule has 2 atom stereocenters. The van der Waals surface area contributed by atoms with Gasteiger partial charge in [-0.3, -0.25) is 4.90 Å². The minimum atomic E-state index is 0.0396. The van der Waals surface area contributed by atoms with Crippen molar-refractivity contribution in [2.24, 2.45) is 5.41 Å². The molecule has 1 aliphatic carbocycles. The molecule has 0 saturated heterocycles. The molecule has 2 unspecified atom stereocenters. The van der Waals surface area contributed by atoms with Gasteiger partial charge in [-0.05, 0) is 33.2 Å². The number of hydrogen-bond donors (Lipinski definition) is 2. The lowest BCUT2D eigenvalue weighted by atomic mass is 9.88. The van der Waals surface area contributed by atoms with E-state index in [9.17, 15) is 5.11 Å². The minimum absolute atomic E-state index is 0.0396. The Morgan fingerprint density at radius 1 is 1.50 bits per heavy atom. The van der Waals surface area contributed by atoms with E-state index in [4.69, 9.17) is 0 Å². The van der Waals surface area contributed by atoms with Crippen molar-refractivity contribution in [3.05, 3.63) is 0 Å². The zero-order valence-corrected chi connectivity index (χ0v) is 11.3. The van der Waals surface area contributed by atoms with Gasteiger partial charge < -0.3 is 10.4 Å². The normalized spacial score (nSPS) is 22.1. The summed E-state index contributed by atoms with van der Waals surface area (Å²) >= 11 is 0. The zero-order chi connectivity index (χ0) is 12.2. The summed E-state index contributed by atoms with van der Waals surface area (Å²) in [6, 6.07) is 1.42. The fourth-order valence-corrected chi connectivity index (χ4v) is 1.86. The molecule has 1 aliphatic rings. The average Bonchev–Trinajstić information content (AvgIpc) is 3.11. The maximum atomic E-state index is 9.31. The van der Waals surface area contributed by atoms with Crippen LogP contribution in [0.1, 0.15) is 40.0 Å². The largest absolute Gasteiger partial charge is 0.396 e. The van der Waals surface area contributed by atoms with Crippen molar-refractivity contribution in [1.29, 1.82) is 0 Å². The van der Waals surface area contributed by atoms with Crippen molar-refractivity contribution < 1.29 is 5.11 Å². The summed E-state index contributed by atoms with van der Waals surface area (Å²) < 4.78 is 0. The number of hydrogen-bond acceptors (Lipinski definition) is 3. The van der Waals surface area contributed by atoms with E-state index in [0.717, 1.165) is 25.6 Å². The molecule has 1 fully saturated rings. The van der Waals surface area contributed by atoms with Crippen molar-refractivity contribution >= 4 is 0 Å². The molecular formula is C13H28N2O. The van der Waals surface area contributed by atoms with Crippen LogP contribution in [0.4, 0.5) is 0 Å². The van der Waals surface area contributed by atoms with E-state index in [-0.39, 0.29) is 12.0 Å². The Kier molecular flexibility index (Phi) is 5.22. The number of rotatable bonds is 8. The quantitative estimate of drug-likeness (QED) is 0.660. The molecule has 0 aliphatic heterocycles. The van der Waals surface area contributed by atoms with E-state index < -0.39 is 0 Å². The van der Waals surface area contributed by atoms with Gasteiger partial charge in [-0.25, -0.2) is 0 Å². The van der Waals surface area contributed by atoms with Gasteiger partial charge in [0.05, 0.1) is 0 Å². The first-order valence-corrected chi connectivity index (χ1v) is 6.56. The van der Waals surface area contributed by atoms with Crippen molar-refractivity contribution in [2.75, 3.05) is 26.7 Å². The van der Waals surface area contributed by atoms with Gasteiger partial charge in [-0.1, -0.05) is 13.8 Å². The lowest BCUT2D eigenvalue weighted by molar-refractivity contribution is 0.131. The molecule has 0 aromatic carbocycles. The van der Waals surface area contributed by atoms with E-state index >= 15 is 0 Å². The Morgan fingerprint density at radius 3 is 2.56 bits per heavy atom. The van der Waals surface area contributed by atoms with Crippen LogP contribution in [0.2, 0.25) is 0 Å². The first-order chi connectivity index (χ1) is 7.52. The molecule has 0 aromatic heterocycles. The number of likely N-dealkylation sites (N-methyl/N-ethyl adjacent to an activating group) is 1. The molecule has 2 N–H and O–H groups in total. The lowest BCUT2D eigenvalue weighted by Gasteiger charge is -2.29. The first kappa shape index (κ1) is 13.9. The van der Waals surface area contributed by atoms with Gasteiger partial charge in [0.1, 0.15) is 0 Å². The molecule has 96 valence electrons. The van der Waals surface area contributed by atoms with E-state index in [2.05, 4.69) is 38.0 Å². The van der Waals surface area contributed by atoms with Crippen LogP contribution in [0.15, 0.2) is 0 Å². The third-order valence-corrected chi connectivity index (χ3v) is 4.04. The second-order valence-electron chi connectivity index (χ2n) is 5.70. The molecule has 0 spiro atoms. The van der Waals surface area contributed by atoms with Crippen molar-refractivity contribution in [2.45, 2.75) is 52.1 Å². The molecule has 1 saturated carbocycles. The molecular weight excluding hydrogens is 200 g/mol. The second-order valence-corrected chi connectivity index (χ2v) is 5.70. The van der Waals surface area contributed by atoms with Crippen LogP contribution in [-0.2, 0) is 0 Å². The predicted molar refractivity (Wildman–Crippen MR) is 68.6 cm³/mol. The first-order valence-electron chi connectivity index (χ1n) is 6.56. The fourth-order valence-electron chi connectivity index (χ4n) is 1.86. The van der Waals surface area contributed by atoms with Gasteiger partial charge in [0.15, 0.2) is 0 Å². The Bertz CT molecular complexity index is 200. The van der Waals surface area contributed by atoms with Crippen molar-refractivity contribution in [1.82, 2.24) is 10.2 Å². The molecule has 0 aromatic rings. The zero-order valence-electron chi connectivity index (χ0n) is 11.3. The van der Waals surface area contributed by atoms with Gasteiger partial charge in [-0.2, -0.15) is 0 Å². The maximum absolute atomic E-state index is 9.31. The lowest BCUT2D eigenvalue weighted by Crippen LogP contribution is -2.43. The summed E-state index contributed by atoms with van der Waals surface area (Å²) in [4.78, 5) is 2.47. The Labute approximate surface area is 100 Å². The van der Waals surface area contributed by atoms with Crippen LogP contribution >= 0.6 is 0 Å². The monoisotopic (exact) mass is 228 g/mol. The molecule has 16 heavy (non-hydrogen) atoms. The Balaban J connectivity index is 2.18. The van der Waals surface area contributed by atoms with Crippen LogP contribution in [0.5, 0.6) is 0 Å². The third kappa shape index (κ3) is 4.04. The molecule has 3 nitrogen and oxygen atoms in total. The average molecular weight is 228 g/mol. The summed E-state index contributed by atoms with van der Waals surface area (Å²) in [7, 11) is 2.22. The summed E-state index contributed by atoms with van der Waals surface area (Å²) in [5, 5.41) is 12.8. The molecule has 0 amide bonds. The number of aliphatic hydroxyl groups excluding tert-OH is 1. The maximum Gasteiger partial charge on any atom is 0.0496 e. The van der Waals surface area contributed by atoms with Crippen LogP contribution in [-0.4, -0.2) is 48.8 Å². The number of aliphatic hydroxyl groups is 1. The highest BCUT2D eigenvalue weighted by Gasteiger charge is 2.29. The summed E-state index contributed by atoms with van der Waals surface area (Å²) in [6.07, 6.45) is 3.75. The standard InChI is InChI=1S/C13H28N2O/c1-5-13(3,10-16)9-14-8-11(2)15(4)12-6-7-12/h11-12,14,16H,5-10H2,1-4H3. The van der Waals surface area contributed by atoms with Gasteiger partial charge in [0.2, 0.25) is 0 Å². The topological polar surface area (TPSA) is 35.5 Å². The van der Waals surface area contributed by atoms with Gasteiger partial charge in [-0.15, -0.1) is 0 Å². The minimum Gasteiger partial charge on any atom is -0.396 e. The summed E-state index contributed by atoms with van der Waals surface area (Å²) in [5.41, 5.74) is 0.0396. The highest BCUT2D eigenvalue weighted by Crippen LogP contribution is 2.26. The van der Waals surface area contributed by atoms with Gasteiger partial charge in [0, 0.05) is 37.2 Å². The van der Waals surface area contributed by atoms with Crippen molar-refractivity contribution in [3.63, 3.8) is 0 Å². The van der Waals surface area contributed by atoms with E-state index in [1.807, 2.05) is 0 Å². The fraction of sp³-hybridized carbons (Fsp3) is 1.00. The van der Waals surface area contributed by atoms with Crippen LogP contribution in [0, 0.1) is 5.41 Å². The van der Waals surface area contributed by atoms with Crippen LogP contribution in [0.3, 0.4) is 0 Å². The van der Waals surface area contributed by atoms with Crippen molar-refractivity contribution in [3.8, 4) is 0 Å². The van der Waals surface area contributed by atoms with Gasteiger partial charge >= 0.3 is 0 Å². The summed E-state index contributed by atoms with van der Waals surface area (Å²) in [5.74, 6) is 0. The second kappa shape index (κ2) is 5.99. The van der Waals surface area contributed by atoms with E-state index in [0.29, 0.717) is 6.04 Å². The molecule has 1 rings (SSSR count). The van der Waals surface area contributed by atoms with Gasteiger partial charge in [0.25, 0.3) is 0 Å². The third-order valence-electron chi connectivity index (χ3n) is 4.04. The molecule has 0 heterocycles. The highest BCUT2D eigenvalue weighted by molar-refractivity contribution is 4.86. The van der Waals surface area contributed by atoms with Crippen LogP contribution < -0.4 is 5.32 Å². The predicted octanol–water partition coefficient (Wildman–Crippen LogP) is 1.47. The smallest absolute Gasteiger partial charge is 0.0496 e. The molecule has 0 bridgehead atoms. The van der Waals surface area contributed by atoms with E-state index in [1.54, 1.807) is 0 Å².